The Hall–Kier alpha value is -1.78. The van der Waals surface area contributed by atoms with E-state index < -0.39 is 0 Å². The third-order valence-corrected chi connectivity index (χ3v) is 2.34. The van der Waals surface area contributed by atoms with Gasteiger partial charge in [-0.2, -0.15) is 0 Å². The number of hydrogen-bond donors (Lipinski definition) is 2. The molecular weight excluding hydrogens is 194 g/mol. The highest BCUT2D eigenvalue weighted by atomic mass is 16.5. The van der Waals surface area contributed by atoms with Gasteiger partial charge in [-0.05, 0) is 18.6 Å². The van der Waals surface area contributed by atoms with Crippen molar-refractivity contribution in [3.63, 3.8) is 0 Å². The van der Waals surface area contributed by atoms with E-state index in [-0.39, 0.29) is 12.0 Å². The maximum Gasteiger partial charge on any atom is 0.328 e. The number of esters is 1. The van der Waals surface area contributed by atoms with Gasteiger partial charge in [-0.3, -0.25) is 0 Å². The smallest absolute Gasteiger partial charge is 0.328 e. The molecule has 1 aliphatic rings. The van der Waals surface area contributed by atoms with Crippen LogP contribution in [0.25, 0.3) is 0 Å². The zero-order valence-electron chi connectivity index (χ0n) is 8.49. The molecule has 0 spiro atoms. The second kappa shape index (κ2) is 3.76. The summed E-state index contributed by atoms with van der Waals surface area (Å²) in [5.41, 5.74) is 7.43. The molecule has 0 amide bonds. The topological polar surface area (TPSA) is 77.2 Å². The standard InChI is InChI=1S/C10H13N3O2/c1-2-15-10(14)7-3-6-4-9(11)12-5-8(6)13-7/h4-5,7,13H,2-3H2,1H3,(H2,11,12). The molecule has 80 valence electrons. The monoisotopic (exact) mass is 207 g/mol. The minimum atomic E-state index is -0.302. The van der Waals surface area contributed by atoms with Crippen molar-refractivity contribution in [1.82, 2.24) is 4.98 Å². The van der Waals surface area contributed by atoms with Crippen LogP contribution in [-0.2, 0) is 16.0 Å². The van der Waals surface area contributed by atoms with Crippen LogP contribution in [0.5, 0.6) is 0 Å². The van der Waals surface area contributed by atoms with Crippen LogP contribution in [0.4, 0.5) is 11.5 Å². The zero-order chi connectivity index (χ0) is 10.8. The Bertz CT molecular complexity index is 392. The molecule has 1 aromatic heterocycles. The van der Waals surface area contributed by atoms with Gasteiger partial charge in [0.2, 0.25) is 0 Å². The van der Waals surface area contributed by atoms with Gasteiger partial charge in [0, 0.05) is 6.42 Å². The number of nitrogens with one attached hydrogen (secondary N) is 1. The molecule has 0 radical (unpaired) electrons. The Balaban J connectivity index is 2.12. The molecule has 5 nitrogen and oxygen atoms in total. The minimum Gasteiger partial charge on any atom is -0.464 e. The minimum absolute atomic E-state index is 0.229. The maximum absolute atomic E-state index is 11.5. The molecule has 2 rings (SSSR count). The van der Waals surface area contributed by atoms with Gasteiger partial charge >= 0.3 is 5.97 Å². The van der Waals surface area contributed by atoms with Gasteiger partial charge in [-0.25, -0.2) is 9.78 Å². The lowest BCUT2D eigenvalue weighted by atomic mass is 10.1. The number of nitrogen functional groups attached to an aromatic ring is 1. The first-order valence-corrected chi connectivity index (χ1v) is 4.88. The number of aromatic nitrogens is 1. The van der Waals surface area contributed by atoms with Crippen molar-refractivity contribution in [2.75, 3.05) is 17.7 Å². The largest absolute Gasteiger partial charge is 0.464 e. The van der Waals surface area contributed by atoms with Gasteiger partial charge in [0.05, 0.1) is 18.5 Å². The molecule has 1 aromatic rings. The van der Waals surface area contributed by atoms with Crippen molar-refractivity contribution in [2.24, 2.45) is 0 Å². The van der Waals surface area contributed by atoms with Crippen molar-refractivity contribution in [3.05, 3.63) is 17.8 Å². The first kappa shape index (κ1) is 9.76. The second-order valence-electron chi connectivity index (χ2n) is 3.42. The molecule has 2 heterocycles. The average molecular weight is 207 g/mol. The third-order valence-electron chi connectivity index (χ3n) is 2.34. The molecule has 15 heavy (non-hydrogen) atoms. The number of pyridine rings is 1. The predicted octanol–water partition coefficient (Wildman–Crippen LogP) is 0.564. The highest BCUT2D eigenvalue weighted by Gasteiger charge is 2.27. The van der Waals surface area contributed by atoms with Gasteiger partial charge in [-0.1, -0.05) is 0 Å². The van der Waals surface area contributed by atoms with E-state index in [0.29, 0.717) is 18.8 Å². The fraction of sp³-hybridized carbons (Fsp3) is 0.400. The van der Waals surface area contributed by atoms with Crippen LogP contribution in [0.15, 0.2) is 12.3 Å². The van der Waals surface area contributed by atoms with Crippen LogP contribution < -0.4 is 11.1 Å². The van der Waals surface area contributed by atoms with Gasteiger partial charge in [-0.15, -0.1) is 0 Å². The summed E-state index contributed by atoms with van der Waals surface area (Å²) in [7, 11) is 0. The summed E-state index contributed by atoms with van der Waals surface area (Å²) in [4.78, 5) is 15.4. The first-order chi connectivity index (χ1) is 7.20. The highest BCUT2D eigenvalue weighted by Crippen LogP contribution is 2.26. The number of nitrogens with zero attached hydrogens (tertiary/aromatic N) is 1. The van der Waals surface area contributed by atoms with Crippen LogP contribution in [0.3, 0.4) is 0 Å². The summed E-state index contributed by atoms with van der Waals surface area (Å²) in [5.74, 6) is 0.243. The zero-order valence-corrected chi connectivity index (χ0v) is 8.49. The van der Waals surface area contributed by atoms with Crippen molar-refractivity contribution in [2.45, 2.75) is 19.4 Å². The van der Waals surface area contributed by atoms with Crippen LogP contribution in [0, 0.1) is 0 Å². The second-order valence-corrected chi connectivity index (χ2v) is 3.42. The molecule has 0 aliphatic carbocycles. The number of fused-ring (bicyclic) bond motifs is 1. The summed E-state index contributed by atoms with van der Waals surface area (Å²) in [5, 5.41) is 3.05. The molecule has 5 heteroatoms. The summed E-state index contributed by atoms with van der Waals surface area (Å²) >= 11 is 0. The maximum atomic E-state index is 11.5. The summed E-state index contributed by atoms with van der Waals surface area (Å²) in [6.07, 6.45) is 2.25. The van der Waals surface area contributed by atoms with E-state index in [2.05, 4.69) is 10.3 Å². The fourth-order valence-corrected chi connectivity index (χ4v) is 1.66. The van der Waals surface area contributed by atoms with Gasteiger partial charge in [0.25, 0.3) is 0 Å². The van der Waals surface area contributed by atoms with E-state index in [1.807, 2.05) is 0 Å². The Kier molecular flexibility index (Phi) is 2.45. The van der Waals surface area contributed by atoms with E-state index in [1.165, 1.54) is 0 Å². The Morgan fingerprint density at radius 1 is 1.80 bits per heavy atom. The molecule has 1 atom stereocenters. The highest BCUT2D eigenvalue weighted by molar-refractivity contribution is 5.82. The van der Waals surface area contributed by atoms with Crippen molar-refractivity contribution in [3.8, 4) is 0 Å². The van der Waals surface area contributed by atoms with E-state index >= 15 is 0 Å². The number of anilines is 2. The molecule has 3 N–H and O–H groups in total. The van der Waals surface area contributed by atoms with Crippen LogP contribution >= 0.6 is 0 Å². The third kappa shape index (κ3) is 1.86. The Morgan fingerprint density at radius 2 is 2.60 bits per heavy atom. The Morgan fingerprint density at radius 3 is 3.33 bits per heavy atom. The van der Waals surface area contributed by atoms with E-state index in [4.69, 9.17) is 10.5 Å². The fourth-order valence-electron chi connectivity index (χ4n) is 1.66. The lowest BCUT2D eigenvalue weighted by Crippen LogP contribution is -2.28. The molecule has 0 aromatic carbocycles. The van der Waals surface area contributed by atoms with E-state index in [0.717, 1.165) is 11.3 Å². The Labute approximate surface area is 87.6 Å². The normalized spacial score (nSPS) is 18.1. The van der Waals surface area contributed by atoms with Crippen LogP contribution in [0.2, 0.25) is 0 Å². The summed E-state index contributed by atoms with van der Waals surface area (Å²) < 4.78 is 4.93. The SMILES string of the molecule is CCOC(=O)C1Cc2cc(N)ncc2N1. The number of carbonyl (C=O) groups is 1. The first-order valence-electron chi connectivity index (χ1n) is 4.88. The van der Waals surface area contributed by atoms with Crippen molar-refractivity contribution >= 4 is 17.5 Å². The lowest BCUT2D eigenvalue weighted by molar-refractivity contribution is -0.143. The van der Waals surface area contributed by atoms with Crippen LogP contribution in [0.1, 0.15) is 12.5 Å². The number of rotatable bonds is 2. The molecule has 0 bridgehead atoms. The number of nitrogens with two attached hydrogens (primary N) is 1. The predicted molar refractivity (Wildman–Crippen MR) is 56.4 cm³/mol. The van der Waals surface area contributed by atoms with E-state index in [9.17, 15) is 4.79 Å². The molecule has 1 unspecified atom stereocenters. The lowest BCUT2D eigenvalue weighted by Gasteiger charge is -2.08. The summed E-state index contributed by atoms with van der Waals surface area (Å²) in [6, 6.07) is 1.48. The molecule has 1 aliphatic heterocycles. The van der Waals surface area contributed by atoms with Gasteiger partial charge in [0.15, 0.2) is 0 Å². The molecule has 0 saturated heterocycles. The molecule has 0 saturated carbocycles. The molecule has 0 fully saturated rings. The van der Waals surface area contributed by atoms with Crippen LogP contribution in [-0.4, -0.2) is 23.6 Å². The number of hydrogen-bond acceptors (Lipinski definition) is 5. The molecular formula is C10H13N3O2. The van der Waals surface area contributed by atoms with Crippen molar-refractivity contribution in [1.29, 1.82) is 0 Å². The number of ether oxygens (including phenoxy) is 1. The quantitative estimate of drug-likeness (QED) is 0.693. The summed E-state index contributed by atoms with van der Waals surface area (Å²) in [6.45, 7) is 2.19. The van der Waals surface area contributed by atoms with Gasteiger partial charge in [0.1, 0.15) is 11.9 Å². The average Bonchev–Trinajstić information content (AvgIpc) is 2.60. The van der Waals surface area contributed by atoms with Crippen molar-refractivity contribution < 1.29 is 9.53 Å². The van der Waals surface area contributed by atoms with Gasteiger partial charge < -0.3 is 15.8 Å². The number of carbonyl (C=O) groups excluding carboxylic acids is 1. The van der Waals surface area contributed by atoms with E-state index in [1.54, 1.807) is 19.2 Å².